The van der Waals surface area contributed by atoms with Crippen molar-refractivity contribution in [2.24, 2.45) is 11.8 Å². The number of fused-ring (bicyclic) bond motifs is 1. The number of aryl methyl sites for hydroxylation is 1. The van der Waals surface area contributed by atoms with Crippen molar-refractivity contribution in [1.82, 2.24) is 29.6 Å². The lowest BCUT2D eigenvalue weighted by Gasteiger charge is -2.33. The molecule has 1 fully saturated rings. The van der Waals surface area contributed by atoms with Crippen molar-refractivity contribution in [1.29, 1.82) is 0 Å². The van der Waals surface area contributed by atoms with Gasteiger partial charge in [0.1, 0.15) is 5.75 Å². The molecule has 0 saturated heterocycles. The molecule has 4 rings (SSSR count). The minimum atomic E-state index is -4.97. The first-order chi connectivity index (χ1) is 19.2. The Hall–Kier alpha value is -3.78. The molecule has 4 atom stereocenters. The standard InChI is InChI=1S/C26H30F6N6O3/c1-6-17(14-8-16(14)25(27,28)29)36-24(39)38(7-2)21(26(30,31)32)18-9-15(20(40-4)10-33-18)19-12-37-11-13(3)34-22(37)23(35-19)41-5/h9-12,14,16-17,21H,6-8H2,1-5H3,(H,36,39). The summed E-state index contributed by atoms with van der Waals surface area (Å²) in [5.74, 6) is -2.24. The van der Waals surface area contributed by atoms with Crippen LogP contribution in [0.1, 0.15) is 44.1 Å². The Morgan fingerprint density at radius 3 is 2.39 bits per heavy atom. The van der Waals surface area contributed by atoms with Gasteiger partial charge in [0.05, 0.1) is 43.4 Å². The van der Waals surface area contributed by atoms with Gasteiger partial charge in [0.25, 0.3) is 5.88 Å². The lowest BCUT2D eigenvalue weighted by molar-refractivity contribution is -0.179. The second kappa shape index (κ2) is 11.2. The smallest absolute Gasteiger partial charge is 0.414 e. The summed E-state index contributed by atoms with van der Waals surface area (Å²) in [6.45, 7) is 4.28. The monoisotopic (exact) mass is 588 g/mol. The number of carbonyl (C=O) groups is 1. The van der Waals surface area contributed by atoms with Gasteiger partial charge in [-0.05, 0) is 38.7 Å². The number of methoxy groups -OCH3 is 2. The zero-order valence-corrected chi connectivity index (χ0v) is 23.0. The summed E-state index contributed by atoms with van der Waals surface area (Å²) in [5, 5.41) is 2.41. The molecule has 41 heavy (non-hydrogen) atoms. The van der Waals surface area contributed by atoms with Crippen LogP contribution in [0.15, 0.2) is 24.7 Å². The molecule has 0 bridgehead atoms. The van der Waals surface area contributed by atoms with E-state index in [9.17, 15) is 31.1 Å². The van der Waals surface area contributed by atoms with Crippen LogP contribution in [-0.4, -0.2) is 69.4 Å². The van der Waals surface area contributed by atoms with Crippen LogP contribution < -0.4 is 14.8 Å². The molecule has 1 N–H and O–H groups in total. The van der Waals surface area contributed by atoms with E-state index in [1.165, 1.54) is 21.1 Å². The highest BCUT2D eigenvalue weighted by Gasteiger charge is 2.58. The fraction of sp³-hybridized carbons (Fsp3) is 0.538. The molecule has 2 amide bonds. The molecule has 9 nitrogen and oxygen atoms in total. The predicted molar refractivity (Wildman–Crippen MR) is 135 cm³/mol. The number of pyridine rings is 1. The lowest BCUT2D eigenvalue weighted by atomic mass is 10.1. The zero-order chi connectivity index (χ0) is 30.3. The van der Waals surface area contributed by atoms with Crippen LogP contribution in [-0.2, 0) is 0 Å². The summed E-state index contributed by atoms with van der Waals surface area (Å²) in [7, 11) is 2.70. The maximum atomic E-state index is 14.6. The highest BCUT2D eigenvalue weighted by atomic mass is 19.4. The van der Waals surface area contributed by atoms with Gasteiger partial charge in [-0.1, -0.05) is 6.92 Å². The molecular formula is C26H30F6N6O3. The number of alkyl halides is 6. The van der Waals surface area contributed by atoms with Crippen molar-refractivity contribution in [2.75, 3.05) is 20.8 Å². The van der Waals surface area contributed by atoms with Crippen molar-refractivity contribution in [3.63, 3.8) is 0 Å². The number of carbonyl (C=O) groups excluding carboxylic acids is 1. The summed E-state index contributed by atoms with van der Waals surface area (Å²) in [6.07, 6.45) is -5.13. The Labute approximate surface area is 231 Å². The van der Waals surface area contributed by atoms with E-state index < -0.39 is 54.5 Å². The fourth-order valence-electron chi connectivity index (χ4n) is 5.07. The van der Waals surface area contributed by atoms with Crippen LogP contribution in [0.4, 0.5) is 31.1 Å². The van der Waals surface area contributed by atoms with Crippen LogP contribution in [0.2, 0.25) is 0 Å². The molecule has 1 saturated carbocycles. The molecule has 0 aromatic carbocycles. The summed E-state index contributed by atoms with van der Waals surface area (Å²) < 4.78 is 95.4. The lowest BCUT2D eigenvalue weighted by Crippen LogP contribution is -2.50. The Balaban J connectivity index is 1.72. The van der Waals surface area contributed by atoms with E-state index in [1.54, 1.807) is 30.6 Å². The van der Waals surface area contributed by atoms with Gasteiger partial charge in [-0.25, -0.2) is 14.8 Å². The molecule has 224 valence electrons. The molecule has 3 heterocycles. The third-order valence-electron chi connectivity index (χ3n) is 7.13. The van der Waals surface area contributed by atoms with Gasteiger partial charge in [0, 0.05) is 30.5 Å². The Kier molecular flexibility index (Phi) is 8.28. The third kappa shape index (κ3) is 6.12. The summed E-state index contributed by atoms with van der Waals surface area (Å²) in [5.41, 5.74) is 0.869. The summed E-state index contributed by atoms with van der Waals surface area (Å²) >= 11 is 0. The average Bonchev–Trinajstić information content (AvgIpc) is 3.63. The second-order valence-corrected chi connectivity index (χ2v) is 9.80. The number of urea groups is 1. The number of hydrogen-bond acceptors (Lipinski definition) is 6. The van der Waals surface area contributed by atoms with E-state index in [1.807, 2.05) is 0 Å². The number of amides is 2. The molecule has 1 aliphatic rings. The second-order valence-electron chi connectivity index (χ2n) is 9.80. The Bertz CT molecular complexity index is 1410. The normalized spacial score (nSPS) is 18.6. The van der Waals surface area contributed by atoms with Crippen LogP contribution >= 0.6 is 0 Å². The van der Waals surface area contributed by atoms with Crippen LogP contribution in [0.5, 0.6) is 11.6 Å². The number of nitrogens with zero attached hydrogens (tertiary/aromatic N) is 5. The number of rotatable bonds is 9. The van der Waals surface area contributed by atoms with E-state index >= 15 is 0 Å². The number of imidazole rings is 1. The molecule has 0 spiro atoms. The SMILES string of the molecule is CCC(NC(=O)N(CC)C(c1cc(-c2cn3cc(C)nc3c(OC)n2)c(OC)cn1)C(F)(F)F)C1CC1C(F)(F)F. The number of halogens is 6. The first-order valence-electron chi connectivity index (χ1n) is 12.9. The largest absolute Gasteiger partial charge is 0.494 e. The fourth-order valence-corrected chi connectivity index (χ4v) is 5.07. The van der Waals surface area contributed by atoms with Crippen molar-refractivity contribution in [3.8, 4) is 22.9 Å². The maximum absolute atomic E-state index is 14.6. The third-order valence-corrected chi connectivity index (χ3v) is 7.13. The van der Waals surface area contributed by atoms with E-state index in [4.69, 9.17) is 9.47 Å². The van der Waals surface area contributed by atoms with E-state index in [0.29, 0.717) is 16.2 Å². The number of ether oxygens (including phenoxy) is 2. The molecule has 3 aromatic rings. The first kappa shape index (κ1) is 30.2. The highest BCUT2D eigenvalue weighted by molar-refractivity contribution is 5.76. The van der Waals surface area contributed by atoms with Crippen molar-refractivity contribution >= 4 is 11.7 Å². The van der Waals surface area contributed by atoms with Gasteiger partial charge in [-0.15, -0.1) is 0 Å². The van der Waals surface area contributed by atoms with E-state index in [0.717, 1.165) is 12.3 Å². The van der Waals surface area contributed by atoms with Gasteiger partial charge in [0.2, 0.25) is 5.65 Å². The highest BCUT2D eigenvalue weighted by Crippen LogP contribution is 2.52. The zero-order valence-electron chi connectivity index (χ0n) is 23.0. The maximum Gasteiger partial charge on any atom is 0.414 e. The number of nitrogens with one attached hydrogen (secondary N) is 1. The van der Waals surface area contributed by atoms with Crippen molar-refractivity contribution in [3.05, 3.63) is 36.0 Å². The van der Waals surface area contributed by atoms with E-state index in [2.05, 4.69) is 20.3 Å². The van der Waals surface area contributed by atoms with Gasteiger partial charge in [0.15, 0.2) is 6.04 Å². The topological polar surface area (TPSA) is 93.9 Å². The molecule has 1 aliphatic carbocycles. The predicted octanol–water partition coefficient (Wildman–Crippen LogP) is 5.73. The molecule has 4 unspecified atom stereocenters. The van der Waals surface area contributed by atoms with E-state index in [-0.39, 0.29) is 35.7 Å². The molecule has 15 heteroatoms. The average molecular weight is 589 g/mol. The van der Waals surface area contributed by atoms with Crippen LogP contribution in [0.3, 0.4) is 0 Å². The molecule has 0 aliphatic heterocycles. The van der Waals surface area contributed by atoms with Gasteiger partial charge in [-0.2, -0.15) is 26.3 Å². The number of hydrogen-bond donors (Lipinski definition) is 1. The van der Waals surface area contributed by atoms with Gasteiger partial charge in [-0.3, -0.25) is 4.98 Å². The van der Waals surface area contributed by atoms with Crippen molar-refractivity contribution in [2.45, 2.75) is 58.0 Å². The first-order valence-corrected chi connectivity index (χ1v) is 12.9. The summed E-state index contributed by atoms with van der Waals surface area (Å²) in [4.78, 5) is 26.3. The van der Waals surface area contributed by atoms with Crippen LogP contribution in [0, 0.1) is 18.8 Å². The molecule has 0 radical (unpaired) electrons. The molecular weight excluding hydrogens is 558 g/mol. The summed E-state index contributed by atoms with van der Waals surface area (Å²) in [6, 6.07) is -3.45. The Morgan fingerprint density at radius 1 is 1.15 bits per heavy atom. The van der Waals surface area contributed by atoms with Crippen LogP contribution in [0.25, 0.3) is 16.9 Å². The van der Waals surface area contributed by atoms with Gasteiger partial charge < -0.3 is 24.1 Å². The quantitative estimate of drug-likeness (QED) is 0.321. The minimum Gasteiger partial charge on any atom is -0.494 e. The Morgan fingerprint density at radius 2 is 1.85 bits per heavy atom. The minimum absolute atomic E-state index is 0.117. The number of aromatic nitrogens is 4. The molecule has 3 aromatic heterocycles. The van der Waals surface area contributed by atoms with Gasteiger partial charge >= 0.3 is 18.4 Å². The van der Waals surface area contributed by atoms with Crippen molar-refractivity contribution < 1.29 is 40.6 Å².